The van der Waals surface area contributed by atoms with Crippen LogP contribution in [0.3, 0.4) is 0 Å². The molecule has 0 saturated heterocycles. The van der Waals surface area contributed by atoms with Crippen LogP contribution in [0.15, 0.2) is 24.3 Å². The number of carbonyl (C=O) groups is 1. The molecule has 19 heavy (non-hydrogen) atoms. The lowest BCUT2D eigenvalue weighted by molar-refractivity contribution is -0.125. The first-order valence-corrected chi connectivity index (χ1v) is 6.39. The van der Waals surface area contributed by atoms with Crippen molar-refractivity contribution in [1.82, 2.24) is 5.32 Å². The molecule has 0 aliphatic carbocycles. The number of ether oxygens (including phenoxy) is 1. The maximum absolute atomic E-state index is 11.8. The van der Waals surface area contributed by atoms with Gasteiger partial charge in [-0.3, -0.25) is 4.79 Å². The minimum Gasteiger partial charge on any atom is -0.484 e. The molecule has 4 N–H and O–H groups in total. The van der Waals surface area contributed by atoms with Gasteiger partial charge in [0.15, 0.2) is 6.61 Å². The number of amides is 1. The highest BCUT2D eigenvalue weighted by Gasteiger charge is 2.23. The number of rotatable bonds is 7. The van der Waals surface area contributed by atoms with Crippen LogP contribution in [0.1, 0.15) is 26.7 Å². The van der Waals surface area contributed by atoms with Crippen molar-refractivity contribution in [2.24, 2.45) is 0 Å². The second-order valence-corrected chi connectivity index (χ2v) is 4.80. The summed E-state index contributed by atoms with van der Waals surface area (Å²) in [4.78, 5) is 11.8. The molecular formula is C14H22N2O3. The van der Waals surface area contributed by atoms with Crippen molar-refractivity contribution in [1.29, 1.82) is 0 Å². The van der Waals surface area contributed by atoms with Gasteiger partial charge in [0.2, 0.25) is 0 Å². The van der Waals surface area contributed by atoms with Gasteiger partial charge < -0.3 is 20.9 Å². The second kappa shape index (κ2) is 6.99. The van der Waals surface area contributed by atoms with E-state index < -0.39 is 5.54 Å². The number of hydrogen-bond donors (Lipinski definition) is 3. The van der Waals surface area contributed by atoms with Crippen molar-refractivity contribution >= 4 is 11.6 Å². The number of benzene rings is 1. The second-order valence-electron chi connectivity index (χ2n) is 4.80. The summed E-state index contributed by atoms with van der Waals surface area (Å²) < 4.78 is 5.36. The van der Waals surface area contributed by atoms with Gasteiger partial charge >= 0.3 is 0 Å². The fourth-order valence-electron chi connectivity index (χ4n) is 1.70. The minimum atomic E-state index is -0.398. The van der Waals surface area contributed by atoms with Crippen LogP contribution in [0, 0.1) is 0 Å². The quantitative estimate of drug-likeness (QED) is 0.650. The predicted molar refractivity (Wildman–Crippen MR) is 74.9 cm³/mol. The topological polar surface area (TPSA) is 84.6 Å². The monoisotopic (exact) mass is 266 g/mol. The zero-order valence-electron chi connectivity index (χ0n) is 11.5. The van der Waals surface area contributed by atoms with Crippen LogP contribution in [0.2, 0.25) is 0 Å². The van der Waals surface area contributed by atoms with Crippen LogP contribution >= 0.6 is 0 Å². The Morgan fingerprint density at radius 2 is 2.26 bits per heavy atom. The molecule has 106 valence electrons. The molecule has 0 heterocycles. The predicted octanol–water partition coefficient (Wildman–Crippen LogP) is 1.31. The Labute approximate surface area is 113 Å². The summed E-state index contributed by atoms with van der Waals surface area (Å²) in [7, 11) is 0. The Hall–Kier alpha value is -1.75. The van der Waals surface area contributed by atoms with E-state index in [2.05, 4.69) is 5.32 Å². The molecule has 0 aliphatic heterocycles. The van der Waals surface area contributed by atoms with E-state index in [0.717, 1.165) is 6.42 Å². The third kappa shape index (κ3) is 5.18. The molecule has 0 radical (unpaired) electrons. The maximum Gasteiger partial charge on any atom is 0.258 e. The molecule has 5 heteroatoms. The summed E-state index contributed by atoms with van der Waals surface area (Å²) in [6.45, 7) is 3.85. The summed E-state index contributed by atoms with van der Waals surface area (Å²) in [6.07, 6.45) is 1.27. The number of aliphatic hydroxyl groups is 1. The summed E-state index contributed by atoms with van der Waals surface area (Å²) in [5.74, 6) is 0.357. The summed E-state index contributed by atoms with van der Waals surface area (Å²) in [5.41, 5.74) is 5.82. The Bertz CT molecular complexity index is 423. The summed E-state index contributed by atoms with van der Waals surface area (Å²) >= 11 is 0. The fraction of sp³-hybridized carbons (Fsp3) is 0.500. The number of anilines is 1. The third-order valence-corrected chi connectivity index (χ3v) is 3.11. The zero-order valence-corrected chi connectivity index (χ0v) is 11.5. The molecular weight excluding hydrogens is 244 g/mol. The van der Waals surface area contributed by atoms with Gasteiger partial charge in [0, 0.05) is 23.9 Å². The van der Waals surface area contributed by atoms with E-state index in [1.165, 1.54) is 0 Å². The van der Waals surface area contributed by atoms with Gasteiger partial charge in [-0.1, -0.05) is 13.0 Å². The molecule has 1 atom stereocenters. The van der Waals surface area contributed by atoms with Crippen molar-refractivity contribution in [3.8, 4) is 5.75 Å². The molecule has 0 bridgehead atoms. The standard InChI is InChI=1S/C14H22N2O3/c1-3-14(2,7-8-17)16-13(18)10-19-12-6-4-5-11(15)9-12/h4-6,9,17H,3,7-8,10,15H2,1-2H3,(H,16,18). The lowest BCUT2D eigenvalue weighted by Crippen LogP contribution is -2.47. The lowest BCUT2D eigenvalue weighted by atomic mass is 9.95. The normalized spacial score (nSPS) is 13.6. The summed E-state index contributed by atoms with van der Waals surface area (Å²) in [6, 6.07) is 6.93. The van der Waals surface area contributed by atoms with Crippen molar-refractivity contribution in [2.75, 3.05) is 18.9 Å². The zero-order chi connectivity index (χ0) is 14.3. The first-order valence-electron chi connectivity index (χ1n) is 6.39. The fourth-order valence-corrected chi connectivity index (χ4v) is 1.70. The van der Waals surface area contributed by atoms with Crippen LogP contribution in [-0.2, 0) is 4.79 Å². The number of nitrogen functional groups attached to an aromatic ring is 1. The molecule has 1 aromatic rings. The minimum absolute atomic E-state index is 0.0424. The van der Waals surface area contributed by atoms with E-state index in [1.54, 1.807) is 24.3 Å². The van der Waals surface area contributed by atoms with E-state index in [4.69, 9.17) is 15.6 Å². The number of nitrogens with one attached hydrogen (secondary N) is 1. The smallest absolute Gasteiger partial charge is 0.258 e. The van der Waals surface area contributed by atoms with Gasteiger partial charge in [0.25, 0.3) is 5.91 Å². The Balaban J connectivity index is 2.47. The van der Waals surface area contributed by atoms with Gasteiger partial charge in [-0.2, -0.15) is 0 Å². The van der Waals surface area contributed by atoms with E-state index in [0.29, 0.717) is 17.9 Å². The number of nitrogens with two attached hydrogens (primary N) is 1. The van der Waals surface area contributed by atoms with Gasteiger partial charge in [0.1, 0.15) is 5.75 Å². The first kappa shape index (κ1) is 15.3. The van der Waals surface area contributed by atoms with E-state index in [9.17, 15) is 4.79 Å². The van der Waals surface area contributed by atoms with Crippen LogP contribution in [0.25, 0.3) is 0 Å². The molecule has 1 rings (SSSR count). The van der Waals surface area contributed by atoms with E-state index >= 15 is 0 Å². The Morgan fingerprint density at radius 3 is 2.84 bits per heavy atom. The number of carbonyl (C=O) groups excluding carboxylic acids is 1. The van der Waals surface area contributed by atoms with Gasteiger partial charge in [-0.15, -0.1) is 0 Å². The average molecular weight is 266 g/mol. The molecule has 1 aromatic carbocycles. The molecule has 0 saturated carbocycles. The average Bonchev–Trinajstić information content (AvgIpc) is 2.37. The molecule has 1 amide bonds. The maximum atomic E-state index is 11.8. The van der Waals surface area contributed by atoms with Crippen LogP contribution in [0.5, 0.6) is 5.75 Å². The van der Waals surface area contributed by atoms with E-state index in [-0.39, 0.29) is 19.1 Å². The highest BCUT2D eigenvalue weighted by atomic mass is 16.5. The highest BCUT2D eigenvalue weighted by Crippen LogP contribution is 2.15. The Morgan fingerprint density at radius 1 is 1.53 bits per heavy atom. The Kier molecular flexibility index (Phi) is 5.63. The summed E-state index contributed by atoms with van der Waals surface area (Å²) in [5, 5.41) is 11.9. The van der Waals surface area contributed by atoms with Crippen LogP contribution in [-0.4, -0.2) is 29.8 Å². The van der Waals surface area contributed by atoms with Crippen LogP contribution < -0.4 is 15.8 Å². The van der Waals surface area contributed by atoms with Crippen molar-refractivity contribution in [2.45, 2.75) is 32.2 Å². The molecule has 0 aromatic heterocycles. The first-order chi connectivity index (χ1) is 8.99. The SMILES string of the molecule is CCC(C)(CCO)NC(=O)COc1cccc(N)c1. The van der Waals surface area contributed by atoms with Crippen molar-refractivity contribution < 1.29 is 14.6 Å². The third-order valence-electron chi connectivity index (χ3n) is 3.11. The van der Waals surface area contributed by atoms with Crippen LogP contribution in [0.4, 0.5) is 5.69 Å². The molecule has 5 nitrogen and oxygen atoms in total. The number of aliphatic hydroxyl groups excluding tert-OH is 1. The molecule has 0 spiro atoms. The molecule has 0 fully saturated rings. The lowest BCUT2D eigenvalue weighted by Gasteiger charge is -2.28. The van der Waals surface area contributed by atoms with Gasteiger partial charge in [-0.05, 0) is 31.9 Å². The number of hydrogen-bond acceptors (Lipinski definition) is 4. The van der Waals surface area contributed by atoms with E-state index in [1.807, 2.05) is 13.8 Å². The van der Waals surface area contributed by atoms with Gasteiger partial charge in [-0.25, -0.2) is 0 Å². The molecule has 1 unspecified atom stereocenters. The largest absolute Gasteiger partial charge is 0.484 e. The highest BCUT2D eigenvalue weighted by molar-refractivity contribution is 5.78. The van der Waals surface area contributed by atoms with Gasteiger partial charge in [0.05, 0.1) is 0 Å². The van der Waals surface area contributed by atoms with Crippen molar-refractivity contribution in [3.63, 3.8) is 0 Å². The van der Waals surface area contributed by atoms with Crippen molar-refractivity contribution in [3.05, 3.63) is 24.3 Å². The molecule has 0 aliphatic rings.